The van der Waals surface area contributed by atoms with Gasteiger partial charge in [-0.25, -0.2) is 9.97 Å². The first-order valence-corrected chi connectivity index (χ1v) is 8.70. The van der Waals surface area contributed by atoms with E-state index in [0.717, 1.165) is 36.4 Å². The summed E-state index contributed by atoms with van der Waals surface area (Å²) >= 11 is 0. The molecule has 2 heterocycles. The van der Waals surface area contributed by atoms with Crippen molar-refractivity contribution in [2.75, 3.05) is 38.8 Å². The molecule has 6 heteroatoms. The van der Waals surface area contributed by atoms with Gasteiger partial charge in [-0.05, 0) is 11.6 Å². The third-order valence-corrected chi connectivity index (χ3v) is 4.80. The van der Waals surface area contributed by atoms with Crippen LogP contribution in [0.4, 0.5) is 5.82 Å². The number of nitrogens with one attached hydrogen (secondary N) is 1. The predicted molar refractivity (Wildman–Crippen MR) is 102 cm³/mol. The van der Waals surface area contributed by atoms with Gasteiger partial charge in [0, 0.05) is 37.1 Å². The summed E-state index contributed by atoms with van der Waals surface area (Å²) in [6.45, 7) is 2.65. The maximum absolute atomic E-state index is 5.47. The highest BCUT2D eigenvalue weighted by Gasteiger charge is 2.23. The average molecular weight is 350 g/mol. The van der Waals surface area contributed by atoms with Gasteiger partial charge >= 0.3 is 0 Å². The molecule has 0 aliphatic carbocycles. The molecule has 134 valence electrons. The zero-order valence-electron chi connectivity index (χ0n) is 15.0. The van der Waals surface area contributed by atoms with Gasteiger partial charge in [0.25, 0.3) is 0 Å². The number of ether oxygens (including phenoxy) is 2. The molecule has 1 fully saturated rings. The van der Waals surface area contributed by atoms with Crippen molar-refractivity contribution in [3.8, 4) is 11.5 Å². The molecule has 1 N–H and O–H groups in total. The van der Waals surface area contributed by atoms with Crippen molar-refractivity contribution in [1.82, 2.24) is 15.3 Å². The Morgan fingerprint density at radius 2 is 1.81 bits per heavy atom. The summed E-state index contributed by atoms with van der Waals surface area (Å²) in [6.07, 6.45) is 1.61. The van der Waals surface area contributed by atoms with Gasteiger partial charge in [0.05, 0.1) is 19.7 Å². The van der Waals surface area contributed by atoms with E-state index in [1.54, 1.807) is 20.5 Å². The van der Waals surface area contributed by atoms with Crippen molar-refractivity contribution < 1.29 is 9.47 Å². The van der Waals surface area contributed by atoms with Crippen LogP contribution in [-0.2, 0) is 0 Å². The van der Waals surface area contributed by atoms with E-state index in [9.17, 15) is 0 Å². The lowest BCUT2D eigenvalue weighted by Crippen LogP contribution is -2.46. The van der Waals surface area contributed by atoms with Crippen molar-refractivity contribution in [2.45, 2.75) is 6.04 Å². The van der Waals surface area contributed by atoms with E-state index in [1.807, 2.05) is 18.2 Å². The number of aromatic nitrogens is 2. The molecule has 2 aromatic carbocycles. The molecule has 0 radical (unpaired) electrons. The molecule has 0 unspecified atom stereocenters. The fraction of sp³-hybridized carbons (Fsp3) is 0.300. The molecular weight excluding hydrogens is 328 g/mol. The highest BCUT2D eigenvalue weighted by atomic mass is 16.5. The minimum atomic E-state index is 0.273. The predicted octanol–water partition coefficient (Wildman–Crippen LogP) is 2.80. The number of benzene rings is 2. The van der Waals surface area contributed by atoms with Crippen molar-refractivity contribution >= 4 is 16.7 Å². The largest absolute Gasteiger partial charge is 0.493 e. The summed E-state index contributed by atoms with van der Waals surface area (Å²) in [5.74, 6) is 2.29. The Hall–Kier alpha value is -2.86. The van der Waals surface area contributed by atoms with Gasteiger partial charge in [-0.3, -0.25) is 0 Å². The number of fused-ring (bicyclic) bond motifs is 1. The number of rotatable bonds is 4. The summed E-state index contributed by atoms with van der Waals surface area (Å²) in [6, 6.07) is 14.6. The van der Waals surface area contributed by atoms with E-state index >= 15 is 0 Å². The lowest BCUT2D eigenvalue weighted by atomic mass is 10.0. The molecule has 0 spiro atoms. The van der Waals surface area contributed by atoms with Crippen molar-refractivity contribution in [3.05, 3.63) is 54.4 Å². The Morgan fingerprint density at radius 1 is 1.04 bits per heavy atom. The Labute approximate surface area is 152 Å². The minimum Gasteiger partial charge on any atom is -0.493 e. The van der Waals surface area contributed by atoms with Gasteiger partial charge in [-0.15, -0.1) is 0 Å². The fourth-order valence-corrected chi connectivity index (χ4v) is 3.47. The first-order valence-electron chi connectivity index (χ1n) is 8.70. The zero-order valence-corrected chi connectivity index (χ0v) is 15.0. The molecule has 4 rings (SSSR count). The lowest BCUT2D eigenvalue weighted by Gasteiger charge is -2.35. The standard InChI is InChI=1S/C20H22N4O2/c1-25-18-10-15-16(11-19(18)26-2)22-13-23-20(15)24-9-8-21-17(12-24)14-6-4-3-5-7-14/h3-7,10-11,13,17,21H,8-9,12H2,1-2H3/t17-/m1/s1. The van der Waals surface area contributed by atoms with E-state index in [4.69, 9.17) is 9.47 Å². The van der Waals surface area contributed by atoms with Crippen LogP contribution >= 0.6 is 0 Å². The molecule has 0 saturated carbocycles. The van der Waals surface area contributed by atoms with Crippen LogP contribution in [0.5, 0.6) is 11.5 Å². The topological polar surface area (TPSA) is 59.5 Å². The second-order valence-electron chi connectivity index (χ2n) is 6.29. The molecule has 1 aromatic heterocycles. The van der Waals surface area contributed by atoms with Gasteiger partial charge in [-0.2, -0.15) is 0 Å². The molecule has 1 saturated heterocycles. The van der Waals surface area contributed by atoms with Crippen LogP contribution in [0.3, 0.4) is 0 Å². The number of nitrogens with zero attached hydrogens (tertiary/aromatic N) is 3. The maximum atomic E-state index is 5.47. The second-order valence-corrected chi connectivity index (χ2v) is 6.29. The first kappa shape index (κ1) is 16.6. The van der Waals surface area contributed by atoms with Crippen molar-refractivity contribution in [2.24, 2.45) is 0 Å². The monoisotopic (exact) mass is 350 g/mol. The molecule has 0 bridgehead atoms. The molecule has 0 amide bonds. The smallest absolute Gasteiger partial charge is 0.162 e. The zero-order chi connectivity index (χ0) is 17.9. The molecule has 26 heavy (non-hydrogen) atoms. The van der Waals surface area contributed by atoms with Crippen LogP contribution in [0.2, 0.25) is 0 Å². The summed E-state index contributed by atoms with van der Waals surface area (Å²) < 4.78 is 10.9. The third-order valence-electron chi connectivity index (χ3n) is 4.80. The van der Waals surface area contributed by atoms with Crippen LogP contribution < -0.4 is 19.7 Å². The Bertz CT molecular complexity index is 901. The van der Waals surface area contributed by atoms with Crippen LogP contribution in [0.15, 0.2) is 48.8 Å². The number of hydrogen-bond donors (Lipinski definition) is 1. The SMILES string of the molecule is COc1cc2ncnc(N3CCN[C@@H](c4ccccc4)C3)c2cc1OC. The normalized spacial score (nSPS) is 17.3. The van der Waals surface area contributed by atoms with Crippen LogP contribution in [-0.4, -0.2) is 43.8 Å². The highest BCUT2D eigenvalue weighted by Crippen LogP contribution is 2.35. The molecule has 1 aliphatic heterocycles. The summed E-state index contributed by atoms with van der Waals surface area (Å²) in [4.78, 5) is 11.3. The molecule has 1 aliphatic rings. The molecule has 3 aromatic rings. The second kappa shape index (κ2) is 7.17. The van der Waals surface area contributed by atoms with Crippen molar-refractivity contribution in [3.63, 3.8) is 0 Å². The molecule has 1 atom stereocenters. The van der Waals surface area contributed by atoms with Gasteiger partial charge < -0.3 is 19.7 Å². The maximum Gasteiger partial charge on any atom is 0.162 e. The Kier molecular flexibility index (Phi) is 4.58. The number of methoxy groups -OCH3 is 2. The van der Waals surface area contributed by atoms with Gasteiger partial charge in [-0.1, -0.05) is 30.3 Å². The fourth-order valence-electron chi connectivity index (χ4n) is 3.47. The van der Waals surface area contributed by atoms with E-state index in [0.29, 0.717) is 11.5 Å². The van der Waals surface area contributed by atoms with E-state index < -0.39 is 0 Å². The van der Waals surface area contributed by atoms with Gasteiger partial charge in [0.15, 0.2) is 11.5 Å². The number of hydrogen-bond acceptors (Lipinski definition) is 6. The first-order chi connectivity index (χ1) is 12.8. The average Bonchev–Trinajstić information content (AvgIpc) is 2.73. The highest BCUT2D eigenvalue weighted by molar-refractivity contribution is 5.92. The van der Waals surface area contributed by atoms with Crippen LogP contribution in [0.25, 0.3) is 10.9 Å². The quantitative estimate of drug-likeness (QED) is 0.781. The van der Waals surface area contributed by atoms with Crippen LogP contribution in [0.1, 0.15) is 11.6 Å². The minimum absolute atomic E-state index is 0.273. The van der Waals surface area contributed by atoms with Gasteiger partial charge in [0.2, 0.25) is 0 Å². The molecule has 6 nitrogen and oxygen atoms in total. The van der Waals surface area contributed by atoms with E-state index in [-0.39, 0.29) is 6.04 Å². The molecular formula is C20H22N4O2. The van der Waals surface area contributed by atoms with E-state index in [1.165, 1.54) is 5.56 Å². The number of piperazine rings is 1. The van der Waals surface area contributed by atoms with E-state index in [2.05, 4.69) is 44.5 Å². The van der Waals surface area contributed by atoms with Crippen LogP contribution in [0, 0.1) is 0 Å². The summed E-state index contributed by atoms with van der Waals surface area (Å²) in [5, 5.41) is 4.57. The lowest BCUT2D eigenvalue weighted by molar-refractivity contribution is 0.355. The Morgan fingerprint density at radius 3 is 2.58 bits per heavy atom. The number of anilines is 1. The van der Waals surface area contributed by atoms with Gasteiger partial charge in [0.1, 0.15) is 12.1 Å². The Balaban J connectivity index is 1.71. The van der Waals surface area contributed by atoms with Crippen molar-refractivity contribution in [1.29, 1.82) is 0 Å². The third kappa shape index (κ3) is 3.04. The summed E-state index contributed by atoms with van der Waals surface area (Å²) in [7, 11) is 3.27. The summed E-state index contributed by atoms with van der Waals surface area (Å²) in [5.41, 5.74) is 2.14.